The van der Waals surface area contributed by atoms with Crippen LogP contribution < -0.4 is 4.90 Å². The fraction of sp³-hybridized carbons (Fsp3) is 0.480. The van der Waals surface area contributed by atoms with Crippen molar-refractivity contribution in [3.05, 3.63) is 46.9 Å². The second kappa shape index (κ2) is 8.52. The van der Waals surface area contributed by atoms with Crippen molar-refractivity contribution in [2.45, 2.75) is 59.0 Å². The highest BCUT2D eigenvalue weighted by Crippen LogP contribution is 2.43. The predicted octanol–water partition coefficient (Wildman–Crippen LogP) is 4.79. The van der Waals surface area contributed by atoms with Gasteiger partial charge in [-0.25, -0.2) is 8.78 Å². The molecule has 3 aromatic rings. The lowest BCUT2D eigenvalue weighted by molar-refractivity contribution is -0.129. The number of halogens is 2. The molecule has 0 radical (unpaired) electrons. The largest absolute Gasteiger partial charge is 0.338 e. The van der Waals surface area contributed by atoms with E-state index in [1.165, 1.54) is 0 Å². The predicted molar refractivity (Wildman–Crippen MR) is 126 cm³/mol. The average Bonchev–Trinajstić information content (AvgIpc) is 3.41. The number of rotatable bonds is 4. The SMILES string of the molecule is CC(=O)N1CCc2c(c(N3CCCc4cc(-c5cnn(C)c5)c(C(F)F)cc43)nn2C(C)C)C1. The highest BCUT2D eigenvalue weighted by molar-refractivity contribution is 5.78. The molecule has 0 fully saturated rings. The Balaban J connectivity index is 1.64. The van der Waals surface area contributed by atoms with Crippen LogP contribution in [0.3, 0.4) is 0 Å². The van der Waals surface area contributed by atoms with Gasteiger partial charge in [0.1, 0.15) is 0 Å². The zero-order chi connectivity index (χ0) is 24.1. The Hall–Kier alpha value is -3.23. The molecule has 2 aliphatic rings. The molecule has 0 saturated carbocycles. The van der Waals surface area contributed by atoms with Crippen molar-refractivity contribution < 1.29 is 13.6 Å². The standard InChI is InChI=1S/C25H30F2N6O/c1-15(2)33-22-7-9-31(16(3)34)14-21(22)25(29-33)32-8-5-6-17-10-19(18-12-28-30(4)13-18)20(24(26)27)11-23(17)32/h10-13,15,24H,5-9,14H2,1-4H3. The summed E-state index contributed by atoms with van der Waals surface area (Å²) in [5.41, 5.74) is 5.19. The third-order valence-electron chi connectivity index (χ3n) is 6.88. The number of fused-ring (bicyclic) bond motifs is 2. The van der Waals surface area contributed by atoms with E-state index < -0.39 is 6.43 Å². The number of aryl methyl sites for hydroxylation is 2. The molecule has 4 heterocycles. The summed E-state index contributed by atoms with van der Waals surface area (Å²) >= 11 is 0. The fourth-order valence-corrected chi connectivity index (χ4v) is 5.20. The molecular formula is C25H30F2N6O. The van der Waals surface area contributed by atoms with Crippen LogP contribution in [0.25, 0.3) is 11.1 Å². The minimum Gasteiger partial charge on any atom is -0.338 e. The Kier molecular flexibility index (Phi) is 5.65. The maximum absolute atomic E-state index is 14.2. The quantitative estimate of drug-likeness (QED) is 0.552. The second-order valence-electron chi connectivity index (χ2n) is 9.50. The van der Waals surface area contributed by atoms with Gasteiger partial charge >= 0.3 is 0 Å². The number of hydrogen-bond acceptors (Lipinski definition) is 4. The number of carbonyl (C=O) groups excluding carboxylic acids is 1. The molecule has 0 aliphatic carbocycles. The van der Waals surface area contributed by atoms with Gasteiger partial charge in [0.15, 0.2) is 5.82 Å². The molecule has 0 N–H and O–H groups in total. The van der Waals surface area contributed by atoms with Gasteiger partial charge in [0, 0.05) is 73.8 Å². The first-order chi connectivity index (χ1) is 16.2. The minimum absolute atomic E-state index is 0.00109. The summed E-state index contributed by atoms with van der Waals surface area (Å²) in [6.07, 6.45) is 3.24. The van der Waals surface area contributed by atoms with Crippen LogP contribution in [0.1, 0.15) is 62.0 Å². The molecule has 5 rings (SSSR count). The van der Waals surface area contributed by atoms with Crippen LogP contribution in [0.15, 0.2) is 24.5 Å². The van der Waals surface area contributed by atoms with Crippen molar-refractivity contribution in [1.82, 2.24) is 24.5 Å². The number of alkyl halides is 2. The van der Waals surface area contributed by atoms with Gasteiger partial charge in [0.2, 0.25) is 5.91 Å². The van der Waals surface area contributed by atoms with Gasteiger partial charge in [-0.2, -0.15) is 10.2 Å². The highest BCUT2D eigenvalue weighted by Gasteiger charge is 2.32. The van der Waals surface area contributed by atoms with Crippen LogP contribution in [-0.4, -0.2) is 43.5 Å². The van der Waals surface area contributed by atoms with Crippen molar-refractivity contribution >= 4 is 17.4 Å². The van der Waals surface area contributed by atoms with Crippen molar-refractivity contribution in [1.29, 1.82) is 0 Å². The van der Waals surface area contributed by atoms with Crippen molar-refractivity contribution in [3.8, 4) is 11.1 Å². The van der Waals surface area contributed by atoms with Gasteiger partial charge in [-0.05, 0) is 49.9 Å². The van der Waals surface area contributed by atoms with Gasteiger partial charge in [-0.15, -0.1) is 0 Å². The van der Waals surface area contributed by atoms with E-state index in [9.17, 15) is 13.6 Å². The number of amides is 1. The maximum Gasteiger partial charge on any atom is 0.264 e. The van der Waals surface area contributed by atoms with E-state index in [-0.39, 0.29) is 17.5 Å². The lowest BCUT2D eigenvalue weighted by Gasteiger charge is -2.33. The maximum atomic E-state index is 14.2. The molecule has 2 aliphatic heterocycles. The molecule has 7 nitrogen and oxygen atoms in total. The number of anilines is 2. The Morgan fingerprint density at radius 2 is 1.94 bits per heavy atom. The lowest BCUT2D eigenvalue weighted by atomic mass is 9.92. The summed E-state index contributed by atoms with van der Waals surface area (Å²) in [6.45, 7) is 7.63. The van der Waals surface area contributed by atoms with Gasteiger partial charge in [0.25, 0.3) is 6.43 Å². The number of hydrogen-bond donors (Lipinski definition) is 0. The number of aromatic nitrogens is 4. The third-order valence-corrected chi connectivity index (χ3v) is 6.88. The summed E-state index contributed by atoms with van der Waals surface area (Å²) in [5.74, 6) is 0.819. The minimum atomic E-state index is -2.61. The molecule has 9 heteroatoms. The van der Waals surface area contributed by atoms with E-state index in [0.29, 0.717) is 30.8 Å². The lowest BCUT2D eigenvalue weighted by Crippen LogP contribution is -2.35. The fourth-order valence-electron chi connectivity index (χ4n) is 5.20. The Labute approximate surface area is 198 Å². The Morgan fingerprint density at radius 1 is 1.15 bits per heavy atom. The molecule has 34 heavy (non-hydrogen) atoms. The zero-order valence-electron chi connectivity index (χ0n) is 20.1. The van der Waals surface area contributed by atoms with Crippen LogP contribution in [-0.2, 0) is 31.2 Å². The van der Waals surface area contributed by atoms with Crippen LogP contribution in [0, 0.1) is 0 Å². The number of carbonyl (C=O) groups is 1. The molecule has 2 aromatic heterocycles. The third kappa shape index (κ3) is 3.76. The first-order valence-corrected chi connectivity index (χ1v) is 11.8. The first kappa shape index (κ1) is 22.6. The molecule has 0 unspecified atom stereocenters. The first-order valence-electron chi connectivity index (χ1n) is 11.8. The monoisotopic (exact) mass is 468 g/mol. The molecule has 0 spiro atoms. The number of benzene rings is 1. The topological polar surface area (TPSA) is 59.2 Å². The van der Waals surface area contributed by atoms with Crippen molar-refractivity contribution in [3.63, 3.8) is 0 Å². The zero-order valence-corrected chi connectivity index (χ0v) is 20.1. The van der Waals surface area contributed by atoms with E-state index in [1.54, 1.807) is 37.1 Å². The molecule has 0 bridgehead atoms. The number of nitrogens with zero attached hydrogens (tertiary/aromatic N) is 6. The second-order valence-corrected chi connectivity index (χ2v) is 9.50. The van der Waals surface area contributed by atoms with Crippen LogP contribution >= 0.6 is 0 Å². The van der Waals surface area contributed by atoms with Crippen LogP contribution in [0.4, 0.5) is 20.3 Å². The Morgan fingerprint density at radius 3 is 2.59 bits per heavy atom. The van der Waals surface area contributed by atoms with Gasteiger partial charge in [-0.1, -0.05) is 0 Å². The van der Waals surface area contributed by atoms with Crippen molar-refractivity contribution in [2.24, 2.45) is 7.05 Å². The summed E-state index contributed by atoms with van der Waals surface area (Å²) in [6, 6.07) is 3.70. The van der Waals surface area contributed by atoms with Crippen molar-refractivity contribution in [2.75, 3.05) is 18.0 Å². The highest BCUT2D eigenvalue weighted by atomic mass is 19.3. The van der Waals surface area contributed by atoms with Gasteiger partial charge in [-0.3, -0.25) is 14.2 Å². The average molecular weight is 469 g/mol. The summed E-state index contributed by atoms with van der Waals surface area (Å²) in [5, 5.41) is 9.14. The van der Waals surface area contributed by atoms with Gasteiger partial charge in [0.05, 0.1) is 12.7 Å². The molecule has 1 amide bonds. The smallest absolute Gasteiger partial charge is 0.264 e. The normalized spacial score (nSPS) is 15.8. The molecular weight excluding hydrogens is 438 g/mol. The summed E-state index contributed by atoms with van der Waals surface area (Å²) < 4.78 is 32.1. The van der Waals surface area contributed by atoms with Crippen LogP contribution in [0.2, 0.25) is 0 Å². The summed E-state index contributed by atoms with van der Waals surface area (Å²) in [4.78, 5) is 16.0. The summed E-state index contributed by atoms with van der Waals surface area (Å²) in [7, 11) is 1.78. The van der Waals surface area contributed by atoms with E-state index in [4.69, 9.17) is 5.10 Å². The van der Waals surface area contributed by atoms with Gasteiger partial charge < -0.3 is 9.80 Å². The molecule has 0 atom stereocenters. The molecule has 180 valence electrons. The van der Waals surface area contributed by atoms with E-state index in [0.717, 1.165) is 47.6 Å². The van der Waals surface area contributed by atoms with E-state index in [2.05, 4.69) is 23.8 Å². The Bertz CT molecular complexity index is 1240. The van der Waals surface area contributed by atoms with Crippen LogP contribution in [0.5, 0.6) is 0 Å². The molecule has 1 aromatic carbocycles. The van der Waals surface area contributed by atoms with E-state index in [1.807, 2.05) is 15.6 Å². The van der Waals surface area contributed by atoms with E-state index >= 15 is 0 Å². The molecule has 0 saturated heterocycles.